The number of carbonyl (C=O) groups is 1. The van der Waals surface area contributed by atoms with Crippen molar-refractivity contribution in [3.8, 4) is 0 Å². The van der Waals surface area contributed by atoms with Gasteiger partial charge in [-0.05, 0) is 43.9 Å². The molecule has 1 amide bonds. The Hall–Kier alpha value is -2.13. The molecule has 0 fully saturated rings. The molecule has 3 nitrogen and oxygen atoms in total. The summed E-state index contributed by atoms with van der Waals surface area (Å²) < 4.78 is 0. The number of amides is 1. The van der Waals surface area contributed by atoms with Gasteiger partial charge in [-0.15, -0.1) is 0 Å². The van der Waals surface area contributed by atoms with Gasteiger partial charge < -0.3 is 11.1 Å². The summed E-state index contributed by atoms with van der Waals surface area (Å²) in [7, 11) is 0. The number of nitrogens with two attached hydrogens (primary N) is 1. The largest absolute Gasteiger partial charge is 0.348 e. The molecule has 2 aromatic rings. The summed E-state index contributed by atoms with van der Waals surface area (Å²) in [4.78, 5) is 12.3. The Morgan fingerprint density at radius 3 is 2.45 bits per heavy atom. The van der Waals surface area contributed by atoms with E-state index in [9.17, 15) is 4.79 Å². The molecule has 1 unspecified atom stereocenters. The highest BCUT2D eigenvalue weighted by Gasteiger charge is 2.17. The van der Waals surface area contributed by atoms with E-state index in [4.69, 9.17) is 5.73 Å². The summed E-state index contributed by atoms with van der Waals surface area (Å²) in [6.07, 6.45) is 0.548. The first-order chi connectivity index (χ1) is 10.5. The van der Waals surface area contributed by atoms with E-state index in [0.717, 1.165) is 11.1 Å². The third-order valence-electron chi connectivity index (χ3n) is 3.89. The number of aryl methyl sites for hydroxylation is 2. The SMILES string of the molecule is Cc1ccc(C(C)NC(=O)[C@@H](N)Cc2ccccc2)c(C)c1. The number of benzene rings is 2. The maximum atomic E-state index is 12.3. The van der Waals surface area contributed by atoms with Crippen molar-refractivity contribution in [3.63, 3.8) is 0 Å². The summed E-state index contributed by atoms with van der Waals surface area (Å²) in [6, 6.07) is 15.5. The number of carbonyl (C=O) groups excluding carboxylic acids is 1. The smallest absolute Gasteiger partial charge is 0.237 e. The van der Waals surface area contributed by atoms with Crippen molar-refractivity contribution in [3.05, 3.63) is 70.8 Å². The molecule has 2 aromatic carbocycles. The highest BCUT2D eigenvalue weighted by Crippen LogP contribution is 2.18. The minimum Gasteiger partial charge on any atom is -0.348 e. The Balaban J connectivity index is 1.98. The second kappa shape index (κ2) is 7.23. The van der Waals surface area contributed by atoms with Gasteiger partial charge in [-0.25, -0.2) is 0 Å². The van der Waals surface area contributed by atoms with Crippen LogP contribution in [0.3, 0.4) is 0 Å². The monoisotopic (exact) mass is 296 g/mol. The molecule has 3 N–H and O–H groups in total. The van der Waals surface area contributed by atoms with Crippen LogP contribution in [0.2, 0.25) is 0 Å². The Morgan fingerprint density at radius 2 is 1.82 bits per heavy atom. The Labute approximate surface area is 132 Å². The van der Waals surface area contributed by atoms with Crippen molar-refractivity contribution in [2.45, 2.75) is 39.3 Å². The molecule has 2 rings (SSSR count). The van der Waals surface area contributed by atoms with Crippen LogP contribution in [0.25, 0.3) is 0 Å². The number of rotatable bonds is 5. The number of hydrogen-bond donors (Lipinski definition) is 2. The lowest BCUT2D eigenvalue weighted by Gasteiger charge is -2.20. The molecule has 0 aromatic heterocycles. The van der Waals surface area contributed by atoms with Crippen molar-refractivity contribution in [2.75, 3.05) is 0 Å². The van der Waals surface area contributed by atoms with E-state index in [0.29, 0.717) is 6.42 Å². The van der Waals surface area contributed by atoms with Crippen molar-refractivity contribution in [1.82, 2.24) is 5.32 Å². The Bertz CT molecular complexity index is 637. The molecule has 0 bridgehead atoms. The fraction of sp³-hybridized carbons (Fsp3) is 0.316. The van der Waals surface area contributed by atoms with E-state index in [1.54, 1.807) is 0 Å². The molecule has 0 aliphatic carbocycles. The molecule has 0 heterocycles. The van der Waals surface area contributed by atoms with Gasteiger partial charge >= 0.3 is 0 Å². The zero-order chi connectivity index (χ0) is 16.1. The summed E-state index contributed by atoms with van der Waals surface area (Å²) in [5.74, 6) is -0.115. The van der Waals surface area contributed by atoms with E-state index in [-0.39, 0.29) is 11.9 Å². The molecule has 3 heteroatoms. The lowest BCUT2D eigenvalue weighted by Crippen LogP contribution is -2.43. The average molecular weight is 296 g/mol. The van der Waals surface area contributed by atoms with Gasteiger partial charge in [-0.1, -0.05) is 54.1 Å². The van der Waals surface area contributed by atoms with Gasteiger partial charge in [0.25, 0.3) is 0 Å². The van der Waals surface area contributed by atoms with E-state index in [2.05, 4.69) is 37.4 Å². The zero-order valence-corrected chi connectivity index (χ0v) is 13.5. The van der Waals surface area contributed by atoms with E-state index < -0.39 is 6.04 Å². The molecule has 116 valence electrons. The lowest BCUT2D eigenvalue weighted by atomic mass is 9.99. The first-order valence-electron chi connectivity index (χ1n) is 7.64. The molecule has 0 aliphatic rings. The summed E-state index contributed by atoms with van der Waals surface area (Å²) >= 11 is 0. The Kier molecular flexibility index (Phi) is 5.34. The molecule has 0 saturated carbocycles. The minimum atomic E-state index is -0.532. The summed E-state index contributed by atoms with van der Waals surface area (Å²) in [6.45, 7) is 6.12. The molecule has 22 heavy (non-hydrogen) atoms. The van der Waals surface area contributed by atoms with Crippen LogP contribution in [-0.4, -0.2) is 11.9 Å². The molecular formula is C19H24N2O. The quantitative estimate of drug-likeness (QED) is 0.891. The summed E-state index contributed by atoms with van der Waals surface area (Å²) in [5.41, 5.74) is 10.6. The molecule has 0 radical (unpaired) electrons. The van der Waals surface area contributed by atoms with Gasteiger partial charge in [-0.3, -0.25) is 4.79 Å². The molecular weight excluding hydrogens is 272 g/mol. The van der Waals surface area contributed by atoms with Crippen LogP contribution in [0.5, 0.6) is 0 Å². The van der Waals surface area contributed by atoms with Gasteiger partial charge in [0.05, 0.1) is 12.1 Å². The standard InChI is InChI=1S/C19H24N2O/c1-13-9-10-17(14(2)11-13)15(3)21-19(22)18(20)12-16-7-5-4-6-8-16/h4-11,15,18H,12,20H2,1-3H3,(H,21,22)/t15?,18-/m0/s1. The average Bonchev–Trinajstić information content (AvgIpc) is 2.47. The first-order valence-corrected chi connectivity index (χ1v) is 7.64. The van der Waals surface area contributed by atoms with Crippen LogP contribution >= 0.6 is 0 Å². The second-order valence-corrected chi connectivity index (χ2v) is 5.89. The minimum absolute atomic E-state index is 0.0464. The van der Waals surface area contributed by atoms with Crippen LogP contribution in [0, 0.1) is 13.8 Å². The molecule has 2 atom stereocenters. The third-order valence-corrected chi connectivity index (χ3v) is 3.89. The Morgan fingerprint density at radius 1 is 1.14 bits per heavy atom. The van der Waals surface area contributed by atoms with Gasteiger partial charge in [0, 0.05) is 0 Å². The zero-order valence-electron chi connectivity index (χ0n) is 13.5. The first kappa shape index (κ1) is 16.2. The second-order valence-electron chi connectivity index (χ2n) is 5.89. The van der Waals surface area contributed by atoms with Crippen molar-refractivity contribution < 1.29 is 4.79 Å². The number of hydrogen-bond acceptors (Lipinski definition) is 2. The van der Waals surface area contributed by atoms with E-state index in [1.165, 1.54) is 11.1 Å². The van der Waals surface area contributed by atoms with E-state index >= 15 is 0 Å². The van der Waals surface area contributed by atoms with Crippen LogP contribution in [0.4, 0.5) is 0 Å². The van der Waals surface area contributed by atoms with Gasteiger partial charge in [0.1, 0.15) is 0 Å². The maximum Gasteiger partial charge on any atom is 0.237 e. The third kappa shape index (κ3) is 4.18. The van der Waals surface area contributed by atoms with Crippen molar-refractivity contribution in [2.24, 2.45) is 5.73 Å². The predicted octanol–water partition coefficient (Wildman–Crippen LogP) is 3.05. The van der Waals surface area contributed by atoms with Gasteiger partial charge in [-0.2, -0.15) is 0 Å². The molecule has 0 saturated heterocycles. The lowest BCUT2D eigenvalue weighted by molar-refractivity contribution is -0.123. The fourth-order valence-corrected chi connectivity index (χ4v) is 2.67. The number of nitrogens with one attached hydrogen (secondary N) is 1. The van der Waals surface area contributed by atoms with Crippen LogP contribution in [0.15, 0.2) is 48.5 Å². The van der Waals surface area contributed by atoms with Crippen LogP contribution in [-0.2, 0) is 11.2 Å². The van der Waals surface area contributed by atoms with Gasteiger partial charge in [0.15, 0.2) is 0 Å². The summed E-state index contributed by atoms with van der Waals surface area (Å²) in [5, 5.41) is 3.01. The molecule has 0 spiro atoms. The predicted molar refractivity (Wildman–Crippen MR) is 90.6 cm³/mol. The van der Waals surface area contributed by atoms with Crippen molar-refractivity contribution in [1.29, 1.82) is 0 Å². The highest BCUT2D eigenvalue weighted by molar-refractivity contribution is 5.82. The van der Waals surface area contributed by atoms with Gasteiger partial charge in [0.2, 0.25) is 5.91 Å². The normalized spacial score (nSPS) is 13.5. The van der Waals surface area contributed by atoms with Crippen molar-refractivity contribution >= 4 is 5.91 Å². The maximum absolute atomic E-state index is 12.3. The fourth-order valence-electron chi connectivity index (χ4n) is 2.67. The topological polar surface area (TPSA) is 55.1 Å². The van der Waals surface area contributed by atoms with E-state index in [1.807, 2.05) is 37.3 Å². The van der Waals surface area contributed by atoms with Crippen LogP contribution in [0.1, 0.15) is 35.2 Å². The van der Waals surface area contributed by atoms with Crippen LogP contribution < -0.4 is 11.1 Å². The highest BCUT2D eigenvalue weighted by atomic mass is 16.2. The molecule has 0 aliphatic heterocycles.